The first-order valence-electron chi connectivity index (χ1n) is 8.21. The van der Waals surface area contributed by atoms with Crippen LogP contribution in [-0.4, -0.2) is 50.1 Å². The van der Waals surface area contributed by atoms with Crippen LogP contribution in [0.4, 0.5) is 0 Å². The van der Waals surface area contributed by atoms with E-state index in [1.165, 1.54) is 25.7 Å². The number of piperidine rings is 2. The zero-order valence-electron chi connectivity index (χ0n) is 13.4. The molecule has 0 bridgehead atoms. The summed E-state index contributed by atoms with van der Waals surface area (Å²) in [7, 11) is 2.17. The van der Waals surface area contributed by atoms with Crippen LogP contribution in [0.1, 0.15) is 46.0 Å². The summed E-state index contributed by atoms with van der Waals surface area (Å²) < 4.78 is 0. The Morgan fingerprint density at radius 3 is 2.75 bits per heavy atom. The van der Waals surface area contributed by atoms with Gasteiger partial charge in [-0.25, -0.2) is 0 Å². The lowest BCUT2D eigenvalue weighted by molar-refractivity contribution is -0.132. The smallest absolute Gasteiger partial charge is 0.226 e. The summed E-state index contributed by atoms with van der Waals surface area (Å²) in [5.41, 5.74) is -0.263. The van der Waals surface area contributed by atoms with Gasteiger partial charge in [-0.3, -0.25) is 4.79 Å². The summed E-state index contributed by atoms with van der Waals surface area (Å²) in [6.45, 7) is 8.25. The molecule has 2 saturated heterocycles. The molecule has 2 rings (SSSR count). The Hall–Kier alpha value is -0.610. The van der Waals surface area contributed by atoms with Crippen molar-refractivity contribution < 1.29 is 4.79 Å². The summed E-state index contributed by atoms with van der Waals surface area (Å²) in [6.07, 6.45) is 6.15. The van der Waals surface area contributed by atoms with Crippen LogP contribution in [0.2, 0.25) is 0 Å². The number of nitrogens with one attached hydrogen (secondary N) is 2. The second kappa shape index (κ2) is 6.90. The van der Waals surface area contributed by atoms with Crippen molar-refractivity contribution in [1.82, 2.24) is 15.5 Å². The van der Waals surface area contributed by atoms with E-state index in [9.17, 15) is 4.79 Å². The number of rotatable bonds is 4. The molecule has 2 aliphatic heterocycles. The molecule has 4 heteroatoms. The molecule has 2 unspecified atom stereocenters. The molecule has 0 aromatic heterocycles. The minimum absolute atomic E-state index is 0.227. The molecule has 20 heavy (non-hydrogen) atoms. The Kier molecular flexibility index (Phi) is 5.44. The highest BCUT2D eigenvalue weighted by atomic mass is 16.2. The average Bonchev–Trinajstić information content (AvgIpc) is 2.47. The summed E-state index contributed by atoms with van der Waals surface area (Å²) in [5, 5.41) is 6.63. The highest BCUT2D eigenvalue weighted by Gasteiger charge is 2.37. The van der Waals surface area contributed by atoms with Gasteiger partial charge in [0.1, 0.15) is 0 Å². The Morgan fingerprint density at radius 1 is 1.30 bits per heavy atom. The number of amides is 1. The van der Waals surface area contributed by atoms with Gasteiger partial charge in [0, 0.05) is 18.0 Å². The molecule has 2 atom stereocenters. The maximum atomic E-state index is 12.6. The lowest BCUT2D eigenvalue weighted by Gasteiger charge is -2.37. The molecule has 0 saturated carbocycles. The summed E-state index contributed by atoms with van der Waals surface area (Å²) in [4.78, 5) is 14.9. The lowest BCUT2D eigenvalue weighted by Crippen LogP contribution is -2.51. The number of likely N-dealkylation sites (N-methyl/N-ethyl adjacent to an activating group) is 1. The van der Waals surface area contributed by atoms with E-state index in [1.54, 1.807) is 0 Å². The molecule has 0 spiro atoms. The summed E-state index contributed by atoms with van der Waals surface area (Å²) in [5.74, 6) is 0.686. The Balaban J connectivity index is 1.83. The maximum absolute atomic E-state index is 12.6. The normalized spacial score (nSPS) is 29.1. The maximum Gasteiger partial charge on any atom is 0.226 e. The second-order valence-corrected chi connectivity index (χ2v) is 7.11. The fourth-order valence-corrected chi connectivity index (χ4v) is 3.49. The Morgan fingerprint density at radius 2 is 2.10 bits per heavy atom. The van der Waals surface area contributed by atoms with Crippen LogP contribution in [0.25, 0.3) is 0 Å². The Labute approximate surface area is 123 Å². The number of nitrogens with zero attached hydrogens (tertiary/aromatic N) is 1. The summed E-state index contributed by atoms with van der Waals surface area (Å²) in [6, 6.07) is 0.521. The first-order valence-corrected chi connectivity index (χ1v) is 8.21. The second-order valence-electron chi connectivity index (χ2n) is 7.11. The van der Waals surface area contributed by atoms with Crippen molar-refractivity contribution in [2.75, 3.05) is 33.2 Å². The van der Waals surface area contributed by atoms with Gasteiger partial charge in [-0.15, -0.1) is 0 Å². The van der Waals surface area contributed by atoms with Gasteiger partial charge in [-0.2, -0.15) is 0 Å². The monoisotopic (exact) mass is 281 g/mol. The SMILES string of the molecule is CN1CCCCC1CNC(=O)C(C)(C)C1CCCNC1. The van der Waals surface area contributed by atoms with Crippen molar-refractivity contribution >= 4 is 5.91 Å². The topological polar surface area (TPSA) is 44.4 Å². The molecule has 2 aliphatic rings. The first kappa shape index (κ1) is 15.8. The van der Waals surface area contributed by atoms with Gasteiger partial charge in [-0.05, 0) is 58.3 Å². The van der Waals surface area contributed by atoms with Crippen molar-refractivity contribution in [2.24, 2.45) is 11.3 Å². The standard InChI is InChI=1S/C16H31N3O/c1-16(2,13-7-6-9-17-11-13)15(20)18-12-14-8-4-5-10-19(14)3/h13-14,17H,4-12H2,1-3H3,(H,18,20). The van der Waals surface area contributed by atoms with E-state index >= 15 is 0 Å². The number of carbonyl (C=O) groups excluding carboxylic acids is 1. The van der Waals surface area contributed by atoms with E-state index in [0.29, 0.717) is 12.0 Å². The molecular formula is C16H31N3O. The highest BCUT2D eigenvalue weighted by Crippen LogP contribution is 2.32. The third-order valence-electron chi connectivity index (χ3n) is 5.32. The highest BCUT2D eigenvalue weighted by molar-refractivity contribution is 5.82. The molecule has 0 aliphatic carbocycles. The van der Waals surface area contributed by atoms with Gasteiger partial charge in [0.25, 0.3) is 0 Å². The van der Waals surface area contributed by atoms with Crippen molar-refractivity contribution in [3.63, 3.8) is 0 Å². The van der Waals surface area contributed by atoms with Crippen molar-refractivity contribution in [3.8, 4) is 0 Å². The Bertz CT molecular complexity index is 324. The molecule has 2 heterocycles. The summed E-state index contributed by atoms with van der Waals surface area (Å²) >= 11 is 0. The largest absolute Gasteiger partial charge is 0.354 e. The predicted molar refractivity (Wildman–Crippen MR) is 82.7 cm³/mol. The van der Waals surface area contributed by atoms with Crippen LogP contribution in [-0.2, 0) is 4.79 Å². The minimum Gasteiger partial charge on any atom is -0.354 e. The fourth-order valence-electron chi connectivity index (χ4n) is 3.49. The molecule has 2 fully saturated rings. The van der Waals surface area contributed by atoms with Crippen LogP contribution in [0.5, 0.6) is 0 Å². The van der Waals surface area contributed by atoms with Crippen LogP contribution in [0.3, 0.4) is 0 Å². The molecule has 0 aromatic carbocycles. The molecule has 0 radical (unpaired) electrons. The number of hydrogen-bond acceptors (Lipinski definition) is 3. The quantitative estimate of drug-likeness (QED) is 0.823. The zero-order chi connectivity index (χ0) is 14.6. The number of hydrogen-bond donors (Lipinski definition) is 2. The lowest BCUT2D eigenvalue weighted by atomic mass is 9.74. The van der Waals surface area contributed by atoms with Crippen LogP contribution < -0.4 is 10.6 Å². The number of carbonyl (C=O) groups is 1. The van der Waals surface area contributed by atoms with Gasteiger partial charge >= 0.3 is 0 Å². The van der Waals surface area contributed by atoms with Crippen molar-refractivity contribution in [1.29, 1.82) is 0 Å². The average molecular weight is 281 g/mol. The van der Waals surface area contributed by atoms with E-state index < -0.39 is 0 Å². The molecule has 1 amide bonds. The van der Waals surface area contributed by atoms with Gasteiger partial charge in [0.05, 0.1) is 0 Å². The third kappa shape index (κ3) is 3.73. The molecule has 4 nitrogen and oxygen atoms in total. The van der Waals surface area contributed by atoms with Crippen molar-refractivity contribution in [2.45, 2.75) is 52.0 Å². The first-order chi connectivity index (χ1) is 9.51. The van der Waals surface area contributed by atoms with E-state index in [1.807, 2.05) is 0 Å². The van der Waals surface area contributed by atoms with Crippen LogP contribution in [0, 0.1) is 11.3 Å². The van der Waals surface area contributed by atoms with E-state index in [4.69, 9.17) is 0 Å². The molecule has 0 aromatic rings. The van der Waals surface area contributed by atoms with E-state index in [-0.39, 0.29) is 11.3 Å². The van der Waals surface area contributed by atoms with Gasteiger partial charge in [0.2, 0.25) is 5.91 Å². The molecule has 116 valence electrons. The van der Waals surface area contributed by atoms with Crippen LogP contribution in [0.15, 0.2) is 0 Å². The molecular weight excluding hydrogens is 250 g/mol. The van der Waals surface area contributed by atoms with Gasteiger partial charge < -0.3 is 15.5 Å². The molecule has 2 N–H and O–H groups in total. The van der Waals surface area contributed by atoms with E-state index in [2.05, 4.69) is 36.4 Å². The van der Waals surface area contributed by atoms with Gasteiger partial charge in [0.15, 0.2) is 0 Å². The fraction of sp³-hybridized carbons (Fsp3) is 0.938. The van der Waals surface area contributed by atoms with E-state index in [0.717, 1.165) is 32.6 Å². The van der Waals surface area contributed by atoms with Crippen molar-refractivity contribution in [3.05, 3.63) is 0 Å². The zero-order valence-corrected chi connectivity index (χ0v) is 13.4. The number of likely N-dealkylation sites (tertiary alicyclic amines) is 1. The predicted octanol–water partition coefficient (Wildman–Crippen LogP) is 1.61. The third-order valence-corrected chi connectivity index (χ3v) is 5.32. The minimum atomic E-state index is -0.263. The van der Waals surface area contributed by atoms with Gasteiger partial charge in [-0.1, -0.05) is 20.3 Å². The van der Waals surface area contributed by atoms with Crippen LogP contribution >= 0.6 is 0 Å².